The zero-order valence-electron chi connectivity index (χ0n) is 16.4. The highest BCUT2D eigenvalue weighted by Crippen LogP contribution is 2.26. The molecule has 1 saturated heterocycles. The van der Waals surface area contributed by atoms with Crippen LogP contribution >= 0.6 is 0 Å². The van der Waals surface area contributed by atoms with Crippen LogP contribution < -0.4 is 9.47 Å². The van der Waals surface area contributed by atoms with Crippen LogP contribution in [0.25, 0.3) is 0 Å². The number of piperazine rings is 1. The van der Waals surface area contributed by atoms with E-state index in [1.54, 1.807) is 36.1 Å². The van der Waals surface area contributed by atoms with Crippen molar-refractivity contribution < 1.29 is 19.1 Å². The third-order valence-corrected chi connectivity index (χ3v) is 4.84. The van der Waals surface area contributed by atoms with Crippen molar-refractivity contribution in [3.63, 3.8) is 0 Å². The van der Waals surface area contributed by atoms with E-state index in [9.17, 15) is 9.59 Å². The number of hydrogen-bond donors (Lipinski definition) is 0. The molecule has 7 heteroatoms. The van der Waals surface area contributed by atoms with Crippen LogP contribution in [-0.2, 0) is 4.79 Å². The van der Waals surface area contributed by atoms with E-state index in [-0.39, 0.29) is 17.9 Å². The summed E-state index contributed by atoms with van der Waals surface area (Å²) in [6, 6.07) is 10.8. The fourth-order valence-corrected chi connectivity index (χ4v) is 3.33. The molecule has 28 heavy (non-hydrogen) atoms. The molecule has 2 atom stereocenters. The van der Waals surface area contributed by atoms with Gasteiger partial charge in [0, 0.05) is 43.5 Å². The number of aromatic nitrogens is 1. The molecule has 0 bridgehead atoms. The van der Waals surface area contributed by atoms with Crippen LogP contribution in [0.5, 0.6) is 11.5 Å². The fraction of sp³-hybridized carbons (Fsp3) is 0.381. The van der Waals surface area contributed by atoms with Crippen LogP contribution in [0, 0.1) is 0 Å². The van der Waals surface area contributed by atoms with E-state index in [0.29, 0.717) is 36.7 Å². The van der Waals surface area contributed by atoms with E-state index in [1.807, 2.05) is 37.3 Å². The summed E-state index contributed by atoms with van der Waals surface area (Å²) >= 11 is 0. The van der Waals surface area contributed by atoms with Gasteiger partial charge >= 0.3 is 0 Å². The maximum atomic E-state index is 12.9. The molecule has 1 aromatic heterocycles. The van der Waals surface area contributed by atoms with Crippen molar-refractivity contribution in [2.45, 2.75) is 26.0 Å². The zero-order valence-corrected chi connectivity index (χ0v) is 16.4. The quantitative estimate of drug-likeness (QED) is 0.792. The van der Waals surface area contributed by atoms with Crippen molar-refractivity contribution in [3.8, 4) is 11.5 Å². The highest BCUT2D eigenvalue weighted by molar-refractivity contribution is 5.94. The van der Waals surface area contributed by atoms with Gasteiger partial charge in [0.15, 0.2) is 17.6 Å². The predicted molar refractivity (Wildman–Crippen MR) is 104 cm³/mol. The number of carbonyl (C=O) groups is 2. The van der Waals surface area contributed by atoms with Crippen molar-refractivity contribution in [1.82, 2.24) is 14.8 Å². The first kappa shape index (κ1) is 19.7. The predicted octanol–water partition coefficient (Wildman–Crippen LogP) is 2.23. The minimum atomic E-state index is -0.683. The Bertz CT molecular complexity index is 827. The summed E-state index contributed by atoms with van der Waals surface area (Å²) in [5.74, 6) is 0.825. The van der Waals surface area contributed by atoms with Gasteiger partial charge in [-0.3, -0.25) is 14.6 Å². The molecule has 0 unspecified atom stereocenters. The Morgan fingerprint density at radius 3 is 2.57 bits per heavy atom. The maximum Gasteiger partial charge on any atom is 0.263 e. The Hall–Kier alpha value is -3.09. The molecule has 2 heterocycles. The lowest BCUT2D eigenvalue weighted by Gasteiger charge is -2.40. The second-order valence-electron chi connectivity index (χ2n) is 6.78. The highest BCUT2D eigenvalue weighted by atomic mass is 16.5. The SMILES string of the molecule is COc1ccncc1O[C@@H](C)C(=O)N1CCN(C(=O)c2ccccc2)C[C@H]1C. The minimum absolute atomic E-state index is 0.0102. The van der Waals surface area contributed by atoms with Crippen LogP contribution in [0.1, 0.15) is 24.2 Å². The molecule has 7 nitrogen and oxygen atoms in total. The topological polar surface area (TPSA) is 72.0 Å². The molecular weight excluding hydrogens is 358 g/mol. The summed E-state index contributed by atoms with van der Waals surface area (Å²) in [4.78, 5) is 33.1. The largest absolute Gasteiger partial charge is 0.493 e. The molecular formula is C21H25N3O4. The summed E-state index contributed by atoms with van der Waals surface area (Å²) in [6.45, 7) is 5.11. The lowest BCUT2D eigenvalue weighted by molar-refractivity contribution is -0.142. The van der Waals surface area contributed by atoms with Crippen molar-refractivity contribution in [1.29, 1.82) is 0 Å². The molecule has 0 spiro atoms. The van der Waals surface area contributed by atoms with E-state index < -0.39 is 6.10 Å². The van der Waals surface area contributed by atoms with Crippen molar-refractivity contribution >= 4 is 11.8 Å². The third-order valence-electron chi connectivity index (χ3n) is 4.84. The van der Waals surface area contributed by atoms with E-state index in [1.165, 1.54) is 6.20 Å². The van der Waals surface area contributed by atoms with Gasteiger partial charge in [0.25, 0.3) is 11.8 Å². The molecule has 0 saturated carbocycles. The van der Waals surface area contributed by atoms with Gasteiger partial charge < -0.3 is 19.3 Å². The number of pyridine rings is 1. The molecule has 1 fully saturated rings. The maximum absolute atomic E-state index is 12.9. The molecule has 1 aliphatic rings. The first-order valence-corrected chi connectivity index (χ1v) is 9.30. The number of amides is 2. The van der Waals surface area contributed by atoms with Crippen LogP contribution in [-0.4, -0.2) is 65.5 Å². The molecule has 2 amide bonds. The minimum Gasteiger partial charge on any atom is -0.493 e. The van der Waals surface area contributed by atoms with E-state index in [0.717, 1.165) is 0 Å². The molecule has 0 radical (unpaired) electrons. The number of methoxy groups -OCH3 is 1. The number of carbonyl (C=O) groups excluding carboxylic acids is 2. The summed E-state index contributed by atoms with van der Waals surface area (Å²) < 4.78 is 11.0. The van der Waals surface area contributed by atoms with Crippen molar-refractivity contribution in [2.75, 3.05) is 26.7 Å². The standard InChI is InChI=1S/C21H25N3O4/c1-15-14-23(21(26)17-7-5-4-6-8-17)11-12-24(15)20(25)16(2)28-19-13-22-10-9-18(19)27-3/h4-10,13,15-16H,11-12,14H2,1-3H3/t15-,16+/m1/s1. The number of hydrogen-bond acceptors (Lipinski definition) is 5. The summed E-state index contributed by atoms with van der Waals surface area (Å²) in [6.07, 6.45) is 2.45. The van der Waals surface area contributed by atoms with Crippen LogP contribution in [0.3, 0.4) is 0 Å². The van der Waals surface area contributed by atoms with Gasteiger partial charge in [-0.2, -0.15) is 0 Å². The number of ether oxygens (including phenoxy) is 2. The zero-order chi connectivity index (χ0) is 20.1. The molecule has 3 rings (SSSR count). The first-order valence-electron chi connectivity index (χ1n) is 9.30. The van der Waals surface area contributed by atoms with Crippen LogP contribution in [0.2, 0.25) is 0 Å². The molecule has 2 aromatic rings. The fourth-order valence-electron chi connectivity index (χ4n) is 3.33. The van der Waals surface area contributed by atoms with E-state index >= 15 is 0 Å². The van der Waals surface area contributed by atoms with Crippen LogP contribution in [0.4, 0.5) is 0 Å². The Morgan fingerprint density at radius 2 is 1.89 bits per heavy atom. The van der Waals surface area contributed by atoms with E-state index in [4.69, 9.17) is 9.47 Å². The first-order chi connectivity index (χ1) is 13.5. The molecule has 0 N–H and O–H groups in total. The second-order valence-corrected chi connectivity index (χ2v) is 6.78. The average Bonchev–Trinajstić information content (AvgIpc) is 2.73. The Morgan fingerprint density at radius 1 is 1.14 bits per heavy atom. The number of benzene rings is 1. The number of nitrogens with zero attached hydrogens (tertiary/aromatic N) is 3. The summed E-state index contributed by atoms with van der Waals surface area (Å²) in [5.41, 5.74) is 0.662. The molecule has 1 aromatic carbocycles. The molecule has 0 aliphatic carbocycles. The van der Waals surface area contributed by atoms with Gasteiger partial charge in [0.05, 0.1) is 13.3 Å². The van der Waals surface area contributed by atoms with Gasteiger partial charge in [0.1, 0.15) is 0 Å². The molecule has 148 valence electrons. The Labute approximate surface area is 164 Å². The van der Waals surface area contributed by atoms with Gasteiger partial charge in [-0.15, -0.1) is 0 Å². The monoisotopic (exact) mass is 383 g/mol. The second kappa shape index (κ2) is 8.73. The summed E-state index contributed by atoms with van der Waals surface area (Å²) in [5, 5.41) is 0. The average molecular weight is 383 g/mol. The smallest absolute Gasteiger partial charge is 0.263 e. The highest BCUT2D eigenvalue weighted by Gasteiger charge is 2.33. The summed E-state index contributed by atoms with van der Waals surface area (Å²) in [7, 11) is 1.54. The van der Waals surface area contributed by atoms with Gasteiger partial charge in [-0.05, 0) is 26.0 Å². The normalized spacial score (nSPS) is 17.8. The van der Waals surface area contributed by atoms with E-state index in [2.05, 4.69) is 4.98 Å². The van der Waals surface area contributed by atoms with Crippen LogP contribution in [0.15, 0.2) is 48.8 Å². The van der Waals surface area contributed by atoms with Gasteiger partial charge in [0.2, 0.25) is 0 Å². The molecule has 1 aliphatic heterocycles. The number of rotatable bonds is 5. The Balaban J connectivity index is 1.62. The third kappa shape index (κ3) is 4.24. The lowest BCUT2D eigenvalue weighted by Crippen LogP contribution is -2.57. The lowest BCUT2D eigenvalue weighted by atomic mass is 10.1. The Kier molecular flexibility index (Phi) is 6.13. The van der Waals surface area contributed by atoms with Gasteiger partial charge in [-0.25, -0.2) is 0 Å². The van der Waals surface area contributed by atoms with Gasteiger partial charge in [-0.1, -0.05) is 18.2 Å². The van der Waals surface area contributed by atoms with Crippen molar-refractivity contribution in [2.24, 2.45) is 0 Å². The van der Waals surface area contributed by atoms with Crippen molar-refractivity contribution in [3.05, 3.63) is 54.4 Å².